The van der Waals surface area contributed by atoms with Gasteiger partial charge in [0, 0.05) is 12.2 Å². The van der Waals surface area contributed by atoms with Crippen LogP contribution in [-0.4, -0.2) is 47.4 Å². The summed E-state index contributed by atoms with van der Waals surface area (Å²) < 4.78 is 0. The molecule has 0 aromatic heterocycles. The summed E-state index contributed by atoms with van der Waals surface area (Å²) in [5.41, 5.74) is -0.754. The highest BCUT2D eigenvalue weighted by Gasteiger charge is 2.19. The zero-order valence-corrected chi connectivity index (χ0v) is 11.2. The Morgan fingerprint density at radius 3 is 2.45 bits per heavy atom. The third-order valence-corrected chi connectivity index (χ3v) is 2.45. The first kappa shape index (κ1) is 15.9. The minimum Gasteiger partial charge on any atom is -0.393 e. The highest BCUT2D eigenvalue weighted by atomic mass is 16.3. The van der Waals surface area contributed by atoms with E-state index in [1.54, 1.807) is 24.3 Å². The molecule has 0 radical (unpaired) electrons. The molecule has 3 amide bonds. The summed E-state index contributed by atoms with van der Waals surface area (Å²) in [6.45, 7) is 0.614. The quantitative estimate of drug-likeness (QED) is 0.491. The maximum atomic E-state index is 11.5. The fourth-order valence-electron chi connectivity index (χ4n) is 1.26. The van der Waals surface area contributed by atoms with Crippen molar-refractivity contribution in [3.63, 3.8) is 0 Å². The van der Waals surface area contributed by atoms with Crippen molar-refractivity contribution in [3.8, 4) is 0 Å². The van der Waals surface area contributed by atoms with Crippen LogP contribution >= 0.6 is 0 Å². The number of urea groups is 1. The molecule has 5 N–H and O–H groups in total. The minimum absolute atomic E-state index is 0.0929. The smallest absolute Gasteiger partial charge is 0.319 e. The van der Waals surface area contributed by atoms with E-state index < -0.39 is 24.1 Å². The number of rotatable bonds is 6. The van der Waals surface area contributed by atoms with Crippen LogP contribution < -0.4 is 16.0 Å². The van der Waals surface area contributed by atoms with Gasteiger partial charge in [0.2, 0.25) is 5.91 Å². The molecule has 1 rings (SSSR count). The third kappa shape index (κ3) is 6.17. The lowest BCUT2D eigenvalue weighted by Gasteiger charge is -2.20. The Kier molecular flexibility index (Phi) is 5.95. The fraction of sp³-hybridized carbons (Fsp3) is 0.385. The van der Waals surface area contributed by atoms with E-state index >= 15 is 0 Å². The molecule has 0 bridgehead atoms. The van der Waals surface area contributed by atoms with Gasteiger partial charge in [0.15, 0.2) is 0 Å². The summed E-state index contributed by atoms with van der Waals surface area (Å²) >= 11 is 0. The Hall–Kier alpha value is -2.12. The highest BCUT2D eigenvalue weighted by Crippen LogP contribution is 2.03. The van der Waals surface area contributed by atoms with E-state index in [-0.39, 0.29) is 13.1 Å². The first-order chi connectivity index (χ1) is 9.43. The number of carbonyl (C=O) groups is 2. The third-order valence-electron chi connectivity index (χ3n) is 2.45. The molecule has 20 heavy (non-hydrogen) atoms. The molecule has 7 nitrogen and oxygen atoms in total. The zero-order valence-electron chi connectivity index (χ0n) is 11.2. The Bertz CT molecular complexity index is 448. The van der Waals surface area contributed by atoms with Gasteiger partial charge in [-0.05, 0) is 19.1 Å². The Morgan fingerprint density at radius 1 is 1.20 bits per heavy atom. The fourth-order valence-corrected chi connectivity index (χ4v) is 1.26. The Morgan fingerprint density at radius 2 is 1.85 bits per heavy atom. The summed E-state index contributed by atoms with van der Waals surface area (Å²) in [5.74, 6) is -0.457. The molecule has 0 saturated carbocycles. The van der Waals surface area contributed by atoms with Crippen molar-refractivity contribution in [1.29, 1.82) is 0 Å². The van der Waals surface area contributed by atoms with Crippen LogP contribution in [0.4, 0.5) is 10.5 Å². The molecule has 0 aliphatic rings. The molecule has 7 heteroatoms. The van der Waals surface area contributed by atoms with Gasteiger partial charge in [0.25, 0.3) is 0 Å². The molecule has 0 aliphatic carbocycles. The largest absolute Gasteiger partial charge is 0.393 e. The zero-order chi connectivity index (χ0) is 15.0. The maximum absolute atomic E-state index is 11.5. The van der Waals surface area contributed by atoms with Crippen LogP contribution in [0.3, 0.4) is 0 Å². The number of nitrogens with one attached hydrogen (secondary N) is 3. The molecule has 0 fully saturated rings. The van der Waals surface area contributed by atoms with Crippen LogP contribution in [0.1, 0.15) is 6.92 Å². The first-order valence-corrected chi connectivity index (χ1v) is 6.13. The lowest BCUT2D eigenvalue weighted by molar-refractivity contribution is -0.121. The van der Waals surface area contributed by atoms with Crippen LogP contribution in [0.25, 0.3) is 0 Å². The van der Waals surface area contributed by atoms with E-state index in [2.05, 4.69) is 16.0 Å². The van der Waals surface area contributed by atoms with Gasteiger partial charge in [-0.15, -0.1) is 0 Å². The van der Waals surface area contributed by atoms with E-state index in [1.165, 1.54) is 6.92 Å². The monoisotopic (exact) mass is 281 g/mol. The number of amides is 3. The van der Waals surface area contributed by atoms with Crippen LogP contribution in [-0.2, 0) is 4.79 Å². The van der Waals surface area contributed by atoms with Crippen molar-refractivity contribution < 1.29 is 19.8 Å². The topological polar surface area (TPSA) is 111 Å². The summed E-state index contributed by atoms with van der Waals surface area (Å²) in [7, 11) is 0. The second-order valence-electron chi connectivity index (χ2n) is 4.61. The van der Waals surface area contributed by atoms with Crippen molar-refractivity contribution in [3.05, 3.63) is 30.3 Å². The standard InChI is InChI=1S/C13H19N3O4/c1-13(20,9-17)8-15-11(18)7-14-12(19)16-10-5-3-2-4-6-10/h2-6,17,20H,7-9H2,1H3,(H,15,18)(H2,14,16,19). The van der Waals surface area contributed by atoms with E-state index in [0.29, 0.717) is 5.69 Å². The summed E-state index contributed by atoms with van der Waals surface area (Å²) in [5, 5.41) is 25.6. The van der Waals surface area contributed by atoms with Gasteiger partial charge in [-0.1, -0.05) is 18.2 Å². The number of aliphatic hydroxyl groups is 2. The molecule has 0 heterocycles. The lowest BCUT2D eigenvalue weighted by atomic mass is 10.1. The van der Waals surface area contributed by atoms with Crippen molar-refractivity contribution >= 4 is 17.6 Å². The van der Waals surface area contributed by atoms with E-state index in [0.717, 1.165) is 0 Å². The summed E-state index contributed by atoms with van der Waals surface area (Å²) in [4.78, 5) is 22.9. The van der Waals surface area contributed by atoms with Crippen LogP contribution in [0.15, 0.2) is 30.3 Å². The summed E-state index contributed by atoms with van der Waals surface area (Å²) in [6, 6.07) is 8.32. The molecule has 0 aliphatic heterocycles. The molecule has 1 aromatic rings. The SMILES string of the molecule is CC(O)(CO)CNC(=O)CNC(=O)Nc1ccccc1. The number of para-hydroxylation sites is 1. The van der Waals surface area contributed by atoms with E-state index in [4.69, 9.17) is 5.11 Å². The van der Waals surface area contributed by atoms with Gasteiger partial charge in [0.1, 0.15) is 5.60 Å². The normalized spacial score (nSPS) is 13.2. The lowest BCUT2D eigenvalue weighted by Crippen LogP contribution is -2.46. The summed E-state index contributed by atoms with van der Waals surface area (Å²) in [6.07, 6.45) is 0. The number of hydrogen-bond donors (Lipinski definition) is 5. The number of anilines is 1. The van der Waals surface area contributed by atoms with E-state index in [9.17, 15) is 14.7 Å². The van der Waals surface area contributed by atoms with Crippen molar-refractivity contribution in [2.24, 2.45) is 0 Å². The molecular weight excluding hydrogens is 262 g/mol. The highest BCUT2D eigenvalue weighted by molar-refractivity contribution is 5.92. The number of benzene rings is 1. The minimum atomic E-state index is -1.37. The molecule has 1 unspecified atom stereocenters. The van der Waals surface area contributed by atoms with Crippen molar-refractivity contribution in [2.75, 3.05) is 25.0 Å². The van der Waals surface area contributed by atoms with Gasteiger partial charge in [0.05, 0.1) is 13.2 Å². The van der Waals surface area contributed by atoms with Crippen LogP contribution in [0.2, 0.25) is 0 Å². The van der Waals surface area contributed by atoms with Crippen molar-refractivity contribution in [2.45, 2.75) is 12.5 Å². The molecule has 1 aromatic carbocycles. The predicted octanol–water partition coefficient (Wildman–Crippen LogP) is -0.332. The van der Waals surface area contributed by atoms with Crippen LogP contribution in [0, 0.1) is 0 Å². The van der Waals surface area contributed by atoms with Gasteiger partial charge in [-0.3, -0.25) is 4.79 Å². The second-order valence-corrected chi connectivity index (χ2v) is 4.61. The number of hydrogen-bond acceptors (Lipinski definition) is 4. The molecular formula is C13H19N3O4. The maximum Gasteiger partial charge on any atom is 0.319 e. The average Bonchev–Trinajstić information content (AvgIpc) is 2.44. The molecule has 0 saturated heterocycles. The predicted molar refractivity (Wildman–Crippen MR) is 74.2 cm³/mol. The second kappa shape index (κ2) is 7.46. The molecule has 0 spiro atoms. The average molecular weight is 281 g/mol. The number of carbonyl (C=O) groups excluding carboxylic acids is 2. The van der Waals surface area contributed by atoms with Crippen LogP contribution in [0.5, 0.6) is 0 Å². The van der Waals surface area contributed by atoms with Gasteiger partial charge in [-0.2, -0.15) is 0 Å². The van der Waals surface area contributed by atoms with Gasteiger partial charge < -0.3 is 26.2 Å². The molecule has 1 atom stereocenters. The Labute approximate surface area is 117 Å². The first-order valence-electron chi connectivity index (χ1n) is 6.13. The van der Waals surface area contributed by atoms with Gasteiger partial charge >= 0.3 is 6.03 Å². The van der Waals surface area contributed by atoms with Crippen molar-refractivity contribution in [1.82, 2.24) is 10.6 Å². The molecule has 110 valence electrons. The number of aliphatic hydroxyl groups excluding tert-OH is 1. The van der Waals surface area contributed by atoms with Gasteiger partial charge in [-0.25, -0.2) is 4.79 Å². The van der Waals surface area contributed by atoms with E-state index in [1.807, 2.05) is 6.07 Å². The Balaban J connectivity index is 2.26.